The summed E-state index contributed by atoms with van der Waals surface area (Å²) in [5.41, 5.74) is 1.21. The van der Waals surface area contributed by atoms with Gasteiger partial charge in [0.2, 0.25) is 5.91 Å². The van der Waals surface area contributed by atoms with Crippen molar-refractivity contribution in [1.82, 2.24) is 10.2 Å². The minimum atomic E-state index is 0.135. The predicted octanol–water partition coefficient (Wildman–Crippen LogP) is 1.47. The second kappa shape index (κ2) is 9.16. The Morgan fingerprint density at radius 2 is 1.96 bits per heavy atom. The summed E-state index contributed by atoms with van der Waals surface area (Å²) in [5, 5.41) is 3.15. The summed E-state index contributed by atoms with van der Waals surface area (Å²) < 4.78 is 11.0. The van der Waals surface area contributed by atoms with E-state index in [1.165, 1.54) is 5.56 Å². The molecule has 0 aromatic heterocycles. The van der Waals surface area contributed by atoms with E-state index in [4.69, 9.17) is 9.47 Å². The highest BCUT2D eigenvalue weighted by atomic mass is 16.5. The van der Waals surface area contributed by atoms with Gasteiger partial charge in [0.15, 0.2) is 0 Å². The van der Waals surface area contributed by atoms with Crippen LogP contribution in [0, 0.1) is 5.92 Å². The van der Waals surface area contributed by atoms with Crippen LogP contribution in [0.15, 0.2) is 30.3 Å². The van der Waals surface area contributed by atoms with E-state index in [0.717, 1.165) is 52.4 Å². The van der Waals surface area contributed by atoms with Crippen molar-refractivity contribution in [3.05, 3.63) is 35.9 Å². The quantitative estimate of drug-likeness (QED) is 0.822. The van der Waals surface area contributed by atoms with Crippen LogP contribution in [-0.4, -0.2) is 62.9 Å². The molecular formula is C19H28N2O3. The van der Waals surface area contributed by atoms with Gasteiger partial charge >= 0.3 is 0 Å². The molecule has 2 aliphatic rings. The number of amides is 1. The topological polar surface area (TPSA) is 50.8 Å². The second-order valence-corrected chi connectivity index (χ2v) is 6.63. The van der Waals surface area contributed by atoms with Crippen molar-refractivity contribution in [3.63, 3.8) is 0 Å². The summed E-state index contributed by atoms with van der Waals surface area (Å²) in [6.07, 6.45) is 2.42. The predicted molar refractivity (Wildman–Crippen MR) is 92.9 cm³/mol. The average Bonchev–Trinajstić information content (AvgIpc) is 3.16. The molecule has 5 nitrogen and oxygen atoms in total. The molecular weight excluding hydrogens is 304 g/mol. The van der Waals surface area contributed by atoms with Crippen LogP contribution in [0.4, 0.5) is 0 Å². The maximum atomic E-state index is 12.2. The summed E-state index contributed by atoms with van der Waals surface area (Å²) in [6, 6.07) is 10.5. The number of benzene rings is 1. The van der Waals surface area contributed by atoms with Gasteiger partial charge < -0.3 is 14.8 Å². The van der Waals surface area contributed by atoms with Crippen LogP contribution >= 0.6 is 0 Å². The van der Waals surface area contributed by atoms with E-state index < -0.39 is 0 Å². The Balaban J connectivity index is 1.47. The summed E-state index contributed by atoms with van der Waals surface area (Å²) in [5.74, 6) is 0.647. The zero-order valence-corrected chi connectivity index (χ0v) is 14.3. The molecule has 2 atom stereocenters. The Labute approximate surface area is 144 Å². The van der Waals surface area contributed by atoms with Crippen LogP contribution in [0.5, 0.6) is 0 Å². The van der Waals surface area contributed by atoms with Gasteiger partial charge in [-0.15, -0.1) is 0 Å². The number of carbonyl (C=O) groups excluding carboxylic acids is 1. The Morgan fingerprint density at radius 3 is 2.67 bits per heavy atom. The lowest BCUT2D eigenvalue weighted by atomic mass is 9.96. The lowest BCUT2D eigenvalue weighted by molar-refractivity contribution is -0.121. The smallest absolute Gasteiger partial charge is 0.220 e. The highest BCUT2D eigenvalue weighted by Crippen LogP contribution is 2.21. The third-order valence-corrected chi connectivity index (χ3v) is 5.02. The molecule has 1 aromatic rings. The lowest BCUT2D eigenvalue weighted by Crippen LogP contribution is -2.52. The van der Waals surface area contributed by atoms with E-state index in [1.807, 2.05) is 18.2 Å². The van der Waals surface area contributed by atoms with Crippen molar-refractivity contribution < 1.29 is 14.3 Å². The van der Waals surface area contributed by atoms with Crippen molar-refractivity contribution in [2.75, 3.05) is 46.1 Å². The molecule has 2 unspecified atom stereocenters. The molecule has 1 N–H and O–H groups in total. The van der Waals surface area contributed by atoms with E-state index >= 15 is 0 Å². The van der Waals surface area contributed by atoms with Gasteiger partial charge in [0, 0.05) is 44.6 Å². The van der Waals surface area contributed by atoms with E-state index in [-0.39, 0.29) is 5.91 Å². The molecule has 2 fully saturated rings. The number of nitrogens with one attached hydrogen (secondary N) is 1. The van der Waals surface area contributed by atoms with Crippen LogP contribution < -0.4 is 5.32 Å². The average molecular weight is 332 g/mol. The number of morpholine rings is 1. The summed E-state index contributed by atoms with van der Waals surface area (Å²) in [4.78, 5) is 14.7. The highest BCUT2D eigenvalue weighted by Gasteiger charge is 2.31. The molecule has 2 heterocycles. The van der Waals surface area contributed by atoms with Crippen molar-refractivity contribution in [2.45, 2.75) is 25.3 Å². The first-order valence-corrected chi connectivity index (χ1v) is 9.03. The SMILES string of the molecule is O=C(CCc1ccccc1)NCC(C1CCOC1)N1CCOCC1. The number of hydrogen-bond donors (Lipinski definition) is 1. The molecule has 3 rings (SSSR count). The number of nitrogens with zero attached hydrogens (tertiary/aromatic N) is 1. The number of hydrogen-bond acceptors (Lipinski definition) is 4. The van der Waals surface area contributed by atoms with Gasteiger partial charge in [-0.1, -0.05) is 30.3 Å². The molecule has 0 saturated carbocycles. The largest absolute Gasteiger partial charge is 0.381 e. The molecule has 132 valence electrons. The minimum absolute atomic E-state index is 0.135. The van der Waals surface area contributed by atoms with Crippen LogP contribution in [0.1, 0.15) is 18.4 Å². The number of rotatable bonds is 7. The molecule has 1 amide bonds. The van der Waals surface area contributed by atoms with Gasteiger partial charge in [0.1, 0.15) is 0 Å². The Bertz CT molecular complexity index is 497. The third kappa shape index (κ3) is 5.03. The van der Waals surface area contributed by atoms with Gasteiger partial charge in [-0.25, -0.2) is 0 Å². The molecule has 0 spiro atoms. The fourth-order valence-electron chi connectivity index (χ4n) is 3.57. The van der Waals surface area contributed by atoms with Crippen LogP contribution in [0.2, 0.25) is 0 Å². The highest BCUT2D eigenvalue weighted by molar-refractivity contribution is 5.76. The number of aryl methyl sites for hydroxylation is 1. The molecule has 0 bridgehead atoms. The van der Waals surface area contributed by atoms with Crippen molar-refractivity contribution >= 4 is 5.91 Å². The first kappa shape index (κ1) is 17.4. The second-order valence-electron chi connectivity index (χ2n) is 6.63. The van der Waals surface area contributed by atoms with Crippen molar-refractivity contribution in [2.24, 2.45) is 5.92 Å². The minimum Gasteiger partial charge on any atom is -0.381 e. The third-order valence-electron chi connectivity index (χ3n) is 5.02. The van der Waals surface area contributed by atoms with Crippen molar-refractivity contribution in [1.29, 1.82) is 0 Å². The van der Waals surface area contributed by atoms with Gasteiger partial charge in [0.05, 0.1) is 19.8 Å². The summed E-state index contributed by atoms with van der Waals surface area (Å²) in [7, 11) is 0. The fourth-order valence-corrected chi connectivity index (χ4v) is 3.57. The lowest BCUT2D eigenvalue weighted by Gasteiger charge is -2.37. The van der Waals surface area contributed by atoms with Crippen LogP contribution in [-0.2, 0) is 20.7 Å². The number of ether oxygens (including phenoxy) is 2. The van der Waals surface area contributed by atoms with E-state index in [0.29, 0.717) is 24.9 Å². The first-order chi connectivity index (χ1) is 11.8. The molecule has 2 saturated heterocycles. The van der Waals surface area contributed by atoms with Gasteiger partial charge in [-0.2, -0.15) is 0 Å². The zero-order chi connectivity index (χ0) is 16.6. The maximum Gasteiger partial charge on any atom is 0.220 e. The monoisotopic (exact) mass is 332 g/mol. The van der Waals surface area contributed by atoms with E-state index in [2.05, 4.69) is 22.3 Å². The molecule has 24 heavy (non-hydrogen) atoms. The van der Waals surface area contributed by atoms with Crippen LogP contribution in [0.25, 0.3) is 0 Å². The van der Waals surface area contributed by atoms with Crippen molar-refractivity contribution in [3.8, 4) is 0 Å². The Kier molecular flexibility index (Phi) is 6.64. The fraction of sp³-hybridized carbons (Fsp3) is 0.632. The zero-order valence-electron chi connectivity index (χ0n) is 14.3. The first-order valence-electron chi connectivity index (χ1n) is 9.03. The van der Waals surface area contributed by atoms with E-state index in [9.17, 15) is 4.79 Å². The van der Waals surface area contributed by atoms with Crippen LogP contribution in [0.3, 0.4) is 0 Å². The Morgan fingerprint density at radius 1 is 1.17 bits per heavy atom. The number of carbonyl (C=O) groups is 1. The Hall–Kier alpha value is -1.43. The van der Waals surface area contributed by atoms with Gasteiger partial charge in [-0.3, -0.25) is 9.69 Å². The standard InChI is InChI=1S/C19H28N2O3/c22-19(7-6-16-4-2-1-3-5-16)20-14-18(17-8-11-24-15-17)21-9-12-23-13-10-21/h1-5,17-18H,6-15H2,(H,20,22). The van der Waals surface area contributed by atoms with E-state index in [1.54, 1.807) is 0 Å². The summed E-state index contributed by atoms with van der Waals surface area (Å²) >= 11 is 0. The normalized spacial score (nSPS) is 23.1. The van der Waals surface area contributed by atoms with Gasteiger partial charge in [0.25, 0.3) is 0 Å². The summed E-state index contributed by atoms with van der Waals surface area (Å²) in [6.45, 7) is 5.82. The molecule has 5 heteroatoms. The molecule has 1 aromatic carbocycles. The molecule has 2 aliphatic heterocycles. The van der Waals surface area contributed by atoms with Gasteiger partial charge in [-0.05, 0) is 18.4 Å². The molecule has 0 aliphatic carbocycles. The maximum absolute atomic E-state index is 12.2. The molecule has 0 radical (unpaired) electrons.